The van der Waals surface area contributed by atoms with Crippen LogP contribution in [0.3, 0.4) is 0 Å². The van der Waals surface area contributed by atoms with E-state index in [-0.39, 0.29) is 12.4 Å². The molecule has 22 heavy (non-hydrogen) atoms. The fraction of sp³-hybridized carbons (Fsp3) is 0.158. The molecule has 0 spiro atoms. The summed E-state index contributed by atoms with van der Waals surface area (Å²) in [6, 6.07) is 15.1. The number of benzene rings is 2. The molecule has 3 heteroatoms. The van der Waals surface area contributed by atoms with Gasteiger partial charge in [0.2, 0.25) is 0 Å². The molecule has 3 nitrogen and oxygen atoms in total. The number of ketones is 1. The lowest BCUT2D eigenvalue weighted by Gasteiger charge is -2.22. The molecule has 0 heterocycles. The van der Waals surface area contributed by atoms with Crippen LogP contribution < -0.4 is 0 Å². The number of allylic oxidation sites excluding steroid dienone is 1. The lowest BCUT2D eigenvalue weighted by molar-refractivity contribution is -0.138. The lowest BCUT2D eigenvalue weighted by atomic mass is 9.80. The van der Waals surface area contributed by atoms with Gasteiger partial charge in [-0.1, -0.05) is 48.5 Å². The van der Waals surface area contributed by atoms with E-state index in [9.17, 15) is 9.59 Å². The lowest BCUT2D eigenvalue weighted by Crippen LogP contribution is -2.17. The summed E-state index contributed by atoms with van der Waals surface area (Å²) >= 11 is 0. The van der Waals surface area contributed by atoms with Gasteiger partial charge in [-0.3, -0.25) is 4.79 Å². The minimum Gasteiger partial charge on any atom is -0.463 e. The van der Waals surface area contributed by atoms with Gasteiger partial charge in [-0.25, -0.2) is 4.79 Å². The fourth-order valence-corrected chi connectivity index (χ4v) is 2.82. The second kappa shape index (κ2) is 5.60. The number of carbonyl (C=O) groups is 2. The van der Waals surface area contributed by atoms with E-state index in [4.69, 9.17) is 4.74 Å². The molecule has 0 fully saturated rings. The summed E-state index contributed by atoms with van der Waals surface area (Å²) in [5.41, 5.74) is 4.08. The largest absolute Gasteiger partial charge is 0.463 e. The van der Waals surface area contributed by atoms with Crippen LogP contribution in [0.15, 0.2) is 54.1 Å². The molecule has 3 rings (SSSR count). The van der Waals surface area contributed by atoms with Crippen LogP contribution in [-0.2, 0) is 9.53 Å². The topological polar surface area (TPSA) is 43.4 Å². The normalized spacial score (nSPS) is 14.9. The van der Waals surface area contributed by atoms with Crippen LogP contribution in [0.4, 0.5) is 0 Å². The monoisotopic (exact) mass is 292 g/mol. The highest BCUT2D eigenvalue weighted by molar-refractivity contribution is 6.37. The summed E-state index contributed by atoms with van der Waals surface area (Å²) in [4.78, 5) is 24.9. The molecule has 0 aromatic heterocycles. The third kappa shape index (κ3) is 2.15. The minimum atomic E-state index is -0.444. The van der Waals surface area contributed by atoms with Gasteiger partial charge in [0, 0.05) is 16.7 Å². The second-order valence-corrected chi connectivity index (χ2v) is 5.14. The first kappa shape index (κ1) is 14.3. The molecular weight excluding hydrogens is 276 g/mol. The molecule has 0 unspecified atom stereocenters. The zero-order chi connectivity index (χ0) is 15.7. The van der Waals surface area contributed by atoms with E-state index in [1.807, 2.05) is 42.5 Å². The van der Waals surface area contributed by atoms with E-state index in [0.29, 0.717) is 16.7 Å². The molecule has 1 aliphatic carbocycles. The van der Waals surface area contributed by atoms with Gasteiger partial charge in [0.15, 0.2) is 5.78 Å². The standard InChI is InChI=1S/C19H16O3/c1-3-22-19(21)12(2)17-15-10-6-4-8-13(15)14-9-5-7-11-16(14)18(17)20/h4-11H,3H2,1-2H3/b17-12+. The first-order valence-corrected chi connectivity index (χ1v) is 7.26. The van der Waals surface area contributed by atoms with Gasteiger partial charge < -0.3 is 4.74 Å². The Morgan fingerprint density at radius 1 is 0.909 bits per heavy atom. The molecule has 1 aliphatic rings. The van der Waals surface area contributed by atoms with Crippen LogP contribution in [0.2, 0.25) is 0 Å². The van der Waals surface area contributed by atoms with Gasteiger partial charge in [0.05, 0.1) is 6.61 Å². The van der Waals surface area contributed by atoms with E-state index in [2.05, 4.69) is 0 Å². The second-order valence-electron chi connectivity index (χ2n) is 5.14. The van der Waals surface area contributed by atoms with E-state index in [1.165, 1.54) is 0 Å². The maximum atomic E-state index is 12.9. The van der Waals surface area contributed by atoms with Gasteiger partial charge in [0.25, 0.3) is 0 Å². The average molecular weight is 292 g/mol. The highest BCUT2D eigenvalue weighted by Gasteiger charge is 2.30. The molecule has 0 saturated heterocycles. The zero-order valence-electron chi connectivity index (χ0n) is 12.6. The van der Waals surface area contributed by atoms with Crippen LogP contribution >= 0.6 is 0 Å². The Hall–Kier alpha value is -2.68. The summed E-state index contributed by atoms with van der Waals surface area (Å²) in [5.74, 6) is -0.570. The number of carbonyl (C=O) groups excluding carboxylic acids is 2. The first-order chi connectivity index (χ1) is 10.6. The van der Waals surface area contributed by atoms with Crippen LogP contribution in [-0.4, -0.2) is 18.4 Å². The Morgan fingerprint density at radius 3 is 2.00 bits per heavy atom. The zero-order valence-corrected chi connectivity index (χ0v) is 12.6. The maximum Gasteiger partial charge on any atom is 0.334 e. The van der Waals surface area contributed by atoms with Crippen molar-refractivity contribution in [2.45, 2.75) is 13.8 Å². The molecule has 0 aliphatic heterocycles. The Labute approximate surface area is 129 Å². The molecule has 0 radical (unpaired) electrons. The van der Waals surface area contributed by atoms with Gasteiger partial charge in [-0.05, 0) is 30.5 Å². The molecule has 0 amide bonds. The number of esters is 1. The number of Topliss-reactive ketones (excluding diaryl/α,β-unsaturated/α-hetero) is 1. The number of fused-ring (bicyclic) bond motifs is 3. The number of ether oxygens (including phenoxy) is 1. The molecule has 0 bridgehead atoms. The van der Waals surface area contributed by atoms with Crippen LogP contribution in [0.1, 0.15) is 29.8 Å². The molecule has 2 aromatic rings. The van der Waals surface area contributed by atoms with Crippen molar-refractivity contribution < 1.29 is 14.3 Å². The van der Waals surface area contributed by atoms with Crippen LogP contribution in [0.5, 0.6) is 0 Å². The van der Waals surface area contributed by atoms with E-state index in [0.717, 1.165) is 16.7 Å². The molecule has 0 N–H and O–H groups in total. The van der Waals surface area contributed by atoms with Gasteiger partial charge in [-0.15, -0.1) is 0 Å². The highest BCUT2D eigenvalue weighted by Crippen LogP contribution is 2.40. The predicted molar refractivity (Wildman–Crippen MR) is 85.4 cm³/mol. The molecule has 0 atom stereocenters. The fourth-order valence-electron chi connectivity index (χ4n) is 2.82. The Kier molecular flexibility index (Phi) is 3.63. The van der Waals surface area contributed by atoms with Gasteiger partial charge >= 0.3 is 5.97 Å². The van der Waals surface area contributed by atoms with Crippen molar-refractivity contribution >= 4 is 17.3 Å². The SMILES string of the molecule is CCOC(=O)/C(C)=C1/C(=O)c2ccccc2-c2ccccc21. The summed E-state index contributed by atoms with van der Waals surface area (Å²) in [5, 5.41) is 0. The number of hydrogen-bond donors (Lipinski definition) is 0. The maximum absolute atomic E-state index is 12.9. The summed E-state index contributed by atoms with van der Waals surface area (Å²) in [6.45, 7) is 3.69. The van der Waals surface area contributed by atoms with Gasteiger partial charge in [-0.2, -0.15) is 0 Å². The molecular formula is C19H16O3. The summed E-state index contributed by atoms with van der Waals surface area (Å²) in [6.07, 6.45) is 0. The Morgan fingerprint density at radius 2 is 1.41 bits per heavy atom. The van der Waals surface area contributed by atoms with Crippen molar-refractivity contribution in [3.8, 4) is 11.1 Å². The minimum absolute atomic E-state index is 0.125. The highest BCUT2D eigenvalue weighted by atomic mass is 16.5. The summed E-state index contributed by atoms with van der Waals surface area (Å²) in [7, 11) is 0. The van der Waals surface area contributed by atoms with E-state index < -0.39 is 5.97 Å². The molecule has 0 saturated carbocycles. The van der Waals surface area contributed by atoms with Gasteiger partial charge in [0.1, 0.15) is 0 Å². The summed E-state index contributed by atoms with van der Waals surface area (Å²) < 4.78 is 5.06. The first-order valence-electron chi connectivity index (χ1n) is 7.26. The molecule has 110 valence electrons. The van der Waals surface area contributed by atoms with E-state index >= 15 is 0 Å². The van der Waals surface area contributed by atoms with E-state index in [1.54, 1.807) is 19.9 Å². The van der Waals surface area contributed by atoms with Crippen molar-refractivity contribution in [1.29, 1.82) is 0 Å². The third-order valence-corrected chi connectivity index (χ3v) is 3.84. The van der Waals surface area contributed by atoms with Crippen molar-refractivity contribution in [3.05, 3.63) is 65.2 Å². The predicted octanol–water partition coefficient (Wildman–Crippen LogP) is 3.89. The van der Waals surface area contributed by atoms with Crippen molar-refractivity contribution in [1.82, 2.24) is 0 Å². The Bertz CT molecular complexity index is 800. The smallest absolute Gasteiger partial charge is 0.334 e. The van der Waals surface area contributed by atoms with Crippen LogP contribution in [0, 0.1) is 0 Å². The van der Waals surface area contributed by atoms with Crippen LogP contribution in [0.25, 0.3) is 16.7 Å². The Balaban J connectivity index is 2.29. The number of hydrogen-bond acceptors (Lipinski definition) is 3. The average Bonchev–Trinajstić information content (AvgIpc) is 2.55. The van der Waals surface area contributed by atoms with Crippen molar-refractivity contribution in [3.63, 3.8) is 0 Å². The van der Waals surface area contributed by atoms with Crippen molar-refractivity contribution in [2.24, 2.45) is 0 Å². The third-order valence-electron chi connectivity index (χ3n) is 3.84. The van der Waals surface area contributed by atoms with Crippen molar-refractivity contribution in [2.75, 3.05) is 6.61 Å². The quantitative estimate of drug-likeness (QED) is 0.623. The molecule has 2 aromatic carbocycles. The number of rotatable bonds is 2.